The van der Waals surface area contributed by atoms with Crippen molar-refractivity contribution in [3.8, 4) is 0 Å². The van der Waals surface area contributed by atoms with Crippen molar-refractivity contribution >= 4 is 16.7 Å². The maximum Gasteiger partial charge on any atom is 0.141 e. The molecule has 0 saturated heterocycles. The maximum atomic E-state index is 12.6. The van der Waals surface area contributed by atoms with Crippen LogP contribution in [-0.2, 0) is 11.2 Å². The van der Waals surface area contributed by atoms with Crippen molar-refractivity contribution in [1.82, 2.24) is 10.3 Å². The first-order chi connectivity index (χ1) is 11.2. The molecule has 0 saturated carbocycles. The number of H-pyrrole nitrogens is 1. The van der Waals surface area contributed by atoms with Crippen molar-refractivity contribution in [3.05, 3.63) is 71.6 Å². The van der Waals surface area contributed by atoms with E-state index in [0.29, 0.717) is 12.8 Å². The molecule has 0 amide bonds. The van der Waals surface area contributed by atoms with Crippen LogP contribution in [0.5, 0.6) is 0 Å². The molecule has 1 aromatic carbocycles. The second-order valence-corrected chi connectivity index (χ2v) is 6.61. The first kappa shape index (κ1) is 14.1. The van der Waals surface area contributed by atoms with Gasteiger partial charge in [-0.25, -0.2) is 0 Å². The summed E-state index contributed by atoms with van der Waals surface area (Å²) in [7, 11) is 0. The molecule has 2 N–H and O–H groups in total. The number of aromatic amines is 1. The summed E-state index contributed by atoms with van der Waals surface area (Å²) in [5, 5.41) is 4.58. The Morgan fingerprint density at radius 3 is 3.04 bits per heavy atom. The predicted octanol–water partition coefficient (Wildman–Crippen LogP) is 3.80. The molecule has 0 fully saturated rings. The minimum Gasteiger partial charge on any atom is -0.381 e. The van der Waals surface area contributed by atoms with Gasteiger partial charge in [0.05, 0.1) is 5.54 Å². The van der Waals surface area contributed by atoms with E-state index in [9.17, 15) is 4.79 Å². The Hall–Kier alpha value is -2.55. The summed E-state index contributed by atoms with van der Waals surface area (Å²) in [6.45, 7) is 2.19. The number of para-hydroxylation sites is 1. The van der Waals surface area contributed by atoms with Gasteiger partial charge in [-0.05, 0) is 36.1 Å². The second kappa shape index (κ2) is 5.27. The van der Waals surface area contributed by atoms with Crippen LogP contribution in [0.3, 0.4) is 0 Å². The summed E-state index contributed by atoms with van der Waals surface area (Å²) >= 11 is 0. The van der Waals surface area contributed by atoms with Crippen LogP contribution < -0.4 is 5.32 Å². The lowest BCUT2D eigenvalue weighted by Gasteiger charge is -2.29. The van der Waals surface area contributed by atoms with Crippen molar-refractivity contribution in [3.63, 3.8) is 0 Å². The lowest BCUT2D eigenvalue weighted by Crippen LogP contribution is -2.37. The van der Waals surface area contributed by atoms with Crippen LogP contribution in [0.4, 0.5) is 0 Å². The molecule has 1 unspecified atom stereocenters. The van der Waals surface area contributed by atoms with Crippen molar-refractivity contribution in [2.24, 2.45) is 0 Å². The number of hydrogen-bond donors (Lipinski definition) is 2. The molecule has 1 atom stereocenters. The van der Waals surface area contributed by atoms with Crippen LogP contribution in [0.1, 0.15) is 25.3 Å². The number of benzene rings is 1. The zero-order chi connectivity index (χ0) is 15.9. The van der Waals surface area contributed by atoms with Gasteiger partial charge in [-0.3, -0.25) is 4.79 Å². The van der Waals surface area contributed by atoms with E-state index in [-0.39, 0.29) is 11.3 Å². The van der Waals surface area contributed by atoms with E-state index >= 15 is 0 Å². The highest BCUT2D eigenvalue weighted by atomic mass is 16.1. The third-order valence-electron chi connectivity index (χ3n) is 4.88. The van der Waals surface area contributed by atoms with Crippen LogP contribution in [-0.4, -0.2) is 16.3 Å². The van der Waals surface area contributed by atoms with E-state index in [2.05, 4.69) is 41.5 Å². The number of carbonyl (C=O) groups is 1. The number of aromatic nitrogens is 1. The minimum atomic E-state index is -0.0366. The fourth-order valence-corrected chi connectivity index (χ4v) is 3.60. The van der Waals surface area contributed by atoms with Crippen LogP contribution in [0.2, 0.25) is 0 Å². The standard InChI is InChI=1S/C20H20N2O/c1-20-9-5-4-7-18(20)15(13-22-20)11-16(23)10-14-12-21-19-8-3-2-6-17(14)19/h2-8,12-13,21-22H,9-11H2,1H3. The molecule has 3 nitrogen and oxygen atoms in total. The van der Waals surface area contributed by atoms with E-state index in [0.717, 1.165) is 28.5 Å². The summed E-state index contributed by atoms with van der Waals surface area (Å²) in [6, 6.07) is 8.12. The SMILES string of the molecule is CC12CC=CC=C1C(CC(=O)Cc1c[nH]c3ccccc13)=CN2. The third kappa shape index (κ3) is 2.42. The molecule has 116 valence electrons. The van der Waals surface area contributed by atoms with Crippen molar-refractivity contribution < 1.29 is 4.79 Å². The smallest absolute Gasteiger partial charge is 0.141 e. The zero-order valence-electron chi connectivity index (χ0n) is 13.2. The van der Waals surface area contributed by atoms with Crippen molar-refractivity contribution in [1.29, 1.82) is 0 Å². The quantitative estimate of drug-likeness (QED) is 0.902. The van der Waals surface area contributed by atoms with E-state index in [1.54, 1.807) is 0 Å². The average molecular weight is 304 g/mol. The lowest BCUT2D eigenvalue weighted by atomic mass is 9.82. The van der Waals surface area contributed by atoms with Crippen molar-refractivity contribution in [2.75, 3.05) is 0 Å². The van der Waals surface area contributed by atoms with Crippen LogP contribution in [0.15, 0.2) is 66.0 Å². The number of rotatable bonds is 4. The molecular formula is C20H20N2O. The van der Waals surface area contributed by atoms with Gasteiger partial charge < -0.3 is 10.3 Å². The highest BCUT2D eigenvalue weighted by molar-refractivity contribution is 5.91. The van der Waals surface area contributed by atoms with E-state index in [4.69, 9.17) is 0 Å². The monoisotopic (exact) mass is 304 g/mol. The molecule has 1 aliphatic carbocycles. The van der Waals surface area contributed by atoms with E-state index < -0.39 is 0 Å². The van der Waals surface area contributed by atoms with Gasteiger partial charge in [0, 0.05) is 36.1 Å². The summed E-state index contributed by atoms with van der Waals surface area (Å²) in [4.78, 5) is 15.8. The summed E-state index contributed by atoms with van der Waals surface area (Å²) in [6.07, 6.45) is 12.3. The summed E-state index contributed by atoms with van der Waals surface area (Å²) in [5.41, 5.74) is 4.52. The van der Waals surface area contributed by atoms with Gasteiger partial charge in [0.1, 0.15) is 5.78 Å². The molecule has 3 heteroatoms. The predicted molar refractivity (Wildman–Crippen MR) is 93.1 cm³/mol. The van der Waals surface area contributed by atoms with Gasteiger partial charge in [0.15, 0.2) is 0 Å². The molecule has 0 radical (unpaired) electrons. The van der Waals surface area contributed by atoms with Gasteiger partial charge >= 0.3 is 0 Å². The molecule has 0 spiro atoms. The lowest BCUT2D eigenvalue weighted by molar-refractivity contribution is -0.117. The minimum absolute atomic E-state index is 0.0366. The Labute approximate surface area is 135 Å². The van der Waals surface area contributed by atoms with Gasteiger partial charge in [-0.15, -0.1) is 0 Å². The Morgan fingerprint density at radius 2 is 2.13 bits per heavy atom. The average Bonchev–Trinajstić information content (AvgIpc) is 3.10. The summed E-state index contributed by atoms with van der Waals surface area (Å²) < 4.78 is 0. The Balaban J connectivity index is 1.51. The summed E-state index contributed by atoms with van der Waals surface area (Å²) in [5.74, 6) is 0.252. The first-order valence-corrected chi connectivity index (χ1v) is 8.07. The van der Waals surface area contributed by atoms with Gasteiger partial charge in [0.2, 0.25) is 0 Å². The molecule has 2 heterocycles. The molecule has 23 heavy (non-hydrogen) atoms. The first-order valence-electron chi connectivity index (χ1n) is 8.07. The van der Waals surface area contributed by atoms with Crippen molar-refractivity contribution in [2.45, 2.75) is 31.7 Å². The Morgan fingerprint density at radius 1 is 1.26 bits per heavy atom. The molecule has 2 aliphatic rings. The molecular weight excluding hydrogens is 284 g/mol. The Kier molecular flexibility index (Phi) is 3.22. The second-order valence-electron chi connectivity index (χ2n) is 6.61. The third-order valence-corrected chi connectivity index (χ3v) is 4.88. The van der Waals surface area contributed by atoms with Crippen LogP contribution in [0.25, 0.3) is 10.9 Å². The normalized spacial score (nSPS) is 22.5. The highest BCUT2D eigenvalue weighted by Crippen LogP contribution is 2.36. The zero-order valence-corrected chi connectivity index (χ0v) is 13.2. The van der Waals surface area contributed by atoms with Gasteiger partial charge in [-0.2, -0.15) is 0 Å². The Bertz CT molecular complexity index is 869. The highest BCUT2D eigenvalue weighted by Gasteiger charge is 2.35. The number of carbonyl (C=O) groups excluding carboxylic acids is 1. The molecule has 0 bridgehead atoms. The fraction of sp³-hybridized carbons (Fsp3) is 0.250. The number of allylic oxidation sites excluding steroid dienone is 2. The van der Waals surface area contributed by atoms with E-state index in [1.165, 1.54) is 5.57 Å². The maximum absolute atomic E-state index is 12.6. The number of ketones is 1. The van der Waals surface area contributed by atoms with Crippen LogP contribution >= 0.6 is 0 Å². The van der Waals surface area contributed by atoms with Gasteiger partial charge in [-0.1, -0.05) is 36.4 Å². The fourth-order valence-electron chi connectivity index (χ4n) is 3.60. The van der Waals surface area contributed by atoms with E-state index in [1.807, 2.05) is 30.6 Å². The molecule has 1 aromatic heterocycles. The van der Waals surface area contributed by atoms with Crippen LogP contribution in [0, 0.1) is 0 Å². The number of hydrogen-bond acceptors (Lipinski definition) is 2. The number of Topliss-reactive ketones (excluding diaryl/α,β-unsaturated/α-hetero) is 1. The molecule has 2 aromatic rings. The number of fused-ring (bicyclic) bond motifs is 2. The largest absolute Gasteiger partial charge is 0.381 e. The topological polar surface area (TPSA) is 44.9 Å². The van der Waals surface area contributed by atoms with Gasteiger partial charge in [0.25, 0.3) is 0 Å². The molecule has 1 aliphatic heterocycles. The molecule has 4 rings (SSSR count). The number of nitrogens with one attached hydrogen (secondary N) is 2.